The molecule has 0 aromatic carbocycles. The Bertz CT molecular complexity index is 455. The SMILES string of the molecule is CCC(=S)NOC(=O)NCS(=O)N(C(C)C)P(=S)(OC)OC. The molecule has 0 saturated carbocycles. The van der Waals surface area contributed by atoms with Crippen molar-refractivity contribution in [3.05, 3.63) is 0 Å². The zero-order chi connectivity index (χ0) is 17.3. The molecular weight excluding hydrogens is 369 g/mol. The maximum atomic E-state index is 12.4. The van der Waals surface area contributed by atoms with Gasteiger partial charge >= 0.3 is 6.09 Å². The molecule has 1 atom stereocenters. The van der Waals surface area contributed by atoms with E-state index in [0.717, 1.165) is 0 Å². The zero-order valence-corrected chi connectivity index (χ0v) is 16.5. The van der Waals surface area contributed by atoms with Gasteiger partial charge in [0.25, 0.3) is 6.64 Å². The Labute approximate surface area is 144 Å². The van der Waals surface area contributed by atoms with Crippen LogP contribution < -0.4 is 10.8 Å². The summed E-state index contributed by atoms with van der Waals surface area (Å²) in [6, 6.07) is -0.199. The largest absolute Gasteiger partial charge is 0.432 e. The smallest absolute Gasteiger partial charge is 0.324 e. The van der Waals surface area contributed by atoms with Crippen molar-refractivity contribution in [2.45, 2.75) is 33.2 Å². The maximum absolute atomic E-state index is 12.4. The van der Waals surface area contributed by atoms with Gasteiger partial charge in [-0.3, -0.25) is 0 Å². The summed E-state index contributed by atoms with van der Waals surface area (Å²) >= 11 is 10.1. The van der Waals surface area contributed by atoms with Crippen molar-refractivity contribution >= 4 is 52.7 Å². The van der Waals surface area contributed by atoms with Crippen molar-refractivity contribution in [2.75, 3.05) is 20.1 Å². The minimum atomic E-state index is -2.86. The van der Waals surface area contributed by atoms with Gasteiger partial charge in [0.15, 0.2) is 0 Å². The lowest BCUT2D eigenvalue weighted by molar-refractivity contribution is 0.122. The van der Waals surface area contributed by atoms with E-state index in [0.29, 0.717) is 11.4 Å². The van der Waals surface area contributed by atoms with Crippen LogP contribution >= 0.6 is 18.9 Å². The first-order valence-electron chi connectivity index (χ1n) is 6.35. The van der Waals surface area contributed by atoms with Gasteiger partial charge in [0.1, 0.15) is 21.9 Å². The van der Waals surface area contributed by atoms with Crippen LogP contribution in [0.4, 0.5) is 4.79 Å². The Balaban J connectivity index is 4.64. The topological polar surface area (TPSA) is 89.1 Å². The summed E-state index contributed by atoms with van der Waals surface area (Å²) in [5.74, 6) is -0.192. The molecule has 2 N–H and O–H groups in total. The number of nitrogens with zero attached hydrogens (tertiary/aromatic N) is 1. The van der Waals surface area contributed by atoms with E-state index in [-0.39, 0.29) is 11.9 Å². The van der Waals surface area contributed by atoms with Gasteiger partial charge in [0.2, 0.25) is 0 Å². The van der Waals surface area contributed by atoms with Gasteiger partial charge in [0.05, 0.1) is 0 Å². The van der Waals surface area contributed by atoms with Crippen molar-refractivity contribution in [2.24, 2.45) is 0 Å². The van der Waals surface area contributed by atoms with Crippen LogP contribution in [0.5, 0.6) is 0 Å². The van der Waals surface area contributed by atoms with E-state index in [1.165, 1.54) is 18.3 Å². The molecule has 0 aliphatic rings. The van der Waals surface area contributed by atoms with Crippen LogP contribution in [0.25, 0.3) is 0 Å². The Morgan fingerprint density at radius 3 is 2.32 bits per heavy atom. The van der Waals surface area contributed by atoms with Gasteiger partial charge in [-0.05, 0) is 32.1 Å². The molecule has 0 aromatic heterocycles. The van der Waals surface area contributed by atoms with Crippen LogP contribution in [0.3, 0.4) is 0 Å². The summed E-state index contributed by atoms with van der Waals surface area (Å²) in [6.45, 7) is 2.56. The van der Waals surface area contributed by atoms with Gasteiger partial charge in [-0.25, -0.2) is 14.5 Å². The van der Waals surface area contributed by atoms with E-state index in [2.05, 4.69) is 15.6 Å². The predicted octanol–water partition coefficient (Wildman–Crippen LogP) is 1.80. The van der Waals surface area contributed by atoms with E-state index >= 15 is 0 Å². The molecule has 0 radical (unpaired) electrons. The molecule has 0 rings (SSSR count). The zero-order valence-electron chi connectivity index (χ0n) is 13.2. The molecule has 1 unspecified atom stereocenters. The third-order valence-electron chi connectivity index (χ3n) is 2.27. The lowest BCUT2D eigenvalue weighted by Crippen LogP contribution is -2.39. The van der Waals surface area contributed by atoms with Gasteiger partial charge < -0.3 is 19.2 Å². The highest BCUT2D eigenvalue weighted by atomic mass is 32.5. The Kier molecular flexibility index (Phi) is 10.5. The Morgan fingerprint density at radius 1 is 1.36 bits per heavy atom. The fourth-order valence-electron chi connectivity index (χ4n) is 1.26. The van der Waals surface area contributed by atoms with Gasteiger partial charge in [0, 0.05) is 20.3 Å². The molecule has 0 saturated heterocycles. The normalized spacial score (nSPS) is 13.0. The summed E-state index contributed by atoms with van der Waals surface area (Å²) in [6.07, 6.45) is -0.253. The highest BCUT2D eigenvalue weighted by Crippen LogP contribution is 2.52. The molecule has 0 spiro atoms. The highest BCUT2D eigenvalue weighted by Gasteiger charge is 2.33. The number of hydrogen-bond donors (Lipinski definition) is 2. The number of amides is 1. The molecule has 0 fully saturated rings. The van der Waals surface area contributed by atoms with Crippen molar-refractivity contribution in [1.82, 2.24) is 14.9 Å². The molecule has 0 bridgehead atoms. The summed E-state index contributed by atoms with van der Waals surface area (Å²) in [7, 11) is 1.16. The summed E-state index contributed by atoms with van der Waals surface area (Å²) in [4.78, 5) is 16.5. The van der Waals surface area contributed by atoms with Crippen molar-refractivity contribution < 1.29 is 22.9 Å². The second-order valence-electron chi connectivity index (χ2n) is 4.14. The number of hydroxylamine groups is 1. The number of carbonyl (C=O) groups is 1. The van der Waals surface area contributed by atoms with E-state index in [9.17, 15) is 9.00 Å². The molecule has 0 aromatic rings. The molecule has 8 nitrogen and oxygen atoms in total. The minimum Gasteiger partial charge on any atom is -0.324 e. The maximum Gasteiger partial charge on any atom is 0.432 e. The van der Waals surface area contributed by atoms with Crippen molar-refractivity contribution in [3.63, 3.8) is 0 Å². The third kappa shape index (κ3) is 6.95. The predicted molar refractivity (Wildman–Crippen MR) is 93.9 cm³/mol. The van der Waals surface area contributed by atoms with Crippen molar-refractivity contribution in [3.8, 4) is 0 Å². The van der Waals surface area contributed by atoms with E-state index < -0.39 is 23.7 Å². The summed E-state index contributed by atoms with van der Waals surface area (Å²) < 4.78 is 24.2. The van der Waals surface area contributed by atoms with Gasteiger partial charge in [-0.15, -0.1) is 4.08 Å². The molecule has 1 amide bonds. The third-order valence-corrected chi connectivity index (χ3v) is 8.67. The fourth-order valence-corrected chi connectivity index (χ4v) is 5.89. The highest BCUT2D eigenvalue weighted by molar-refractivity contribution is 8.12. The molecule has 130 valence electrons. The molecular formula is C10H22N3O5PS3. The fraction of sp³-hybridized carbons (Fsp3) is 0.800. The number of carbonyl (C=O) groups excluding carboxylic acids is 1. The lowest BCUT2D eigenvalue weighted by atomic mass is 10.4. The first-order chi connectivity index (χ1) is 10.2. The average Bonchev–Trinajstić information content (AvgIpc) is 2.49. The second-order valence-corrected chi connectivity index (χ2v) is 9.71. The quantitative estimate of drug-likeness (QED) is 0.368. The Hall–Kier alpha value is -0.160. The van der Waals surface area contributed by atoms with Gasteiger partial charge in [-0.1, -0.05) is 19.1 Å². The van der Waals surface area contributed by atoms with E-state index in [1.54, 1.807) is 13.8 Å². The first-order valence-corrected chi connectivity index (χ1v) is 10.6. The summed E-state index contributed by atoms with van der Waals surface area (Å²) in [5, 5.41) is 2.35. The van der Waals surface area contributed by atoms with Crippen molar-refractivity contribution in [1.29, 1.82) is 0 Å². The average molecular weight is 391 g/mol. The van der Waals surface area contributed by atoms with Crippen LogP contribution in [-0.4, -0.2) is 45.5 Å². The molecule has 22 heavy (non-hydrogen) atoms. The van der Waals surface area contributed by atoms with E-state index in [1.807, 2.05) is 6.92 Å². The second kappa shape index (κ2) is 10.6. The van der Waals surface area contributed by atoms with Crippen LogP contribution in [0.1, 0.15) is 27.2 Å². The lowest BCUT2D eigenvalue weighted by Gasteiger charge is -2.32. The van der Waals surface area contributed by atoms with Gasteiger partial charge in [-0.2, -0.15) is 0 Å². The monoisotopic (exact) mass is 391 g/mol. The number of nitrogens with one attached hydrogen (secondary N) is 2. The molecule has 12 heteroatoms. The molecule has 0 aliphatic carbocycles. The molecule has 0 heterocycles. The van der Waals surface area contributed by atoms with Crippen LogP contribution in [0.15, 0.2) is 0 Å². The Morgan fingerprint density at radius 2 is 1.91 bits per heavy atom. The van der Waals surface area contributed by atoms with Crippen LogP contribution in [0, 0.1) is 0 Å². The van der Waals surface area contributed by atoms with E-state index in [4.69, 9.17) is 33.1 Å². The number of rotatable bonds is 8. The number of hydrogen-bond acceptors (Lipinski definition) is 7. The first kappa shape index (κ1) is 21.8. The summed E-state index contributed by atoms with van der Waals surface area (Å²) in [5.41, 5.74) is 2.30. The number of thiocarbonyl (C=S) groups is 1. The van der Waals surface area contributed by atoms with Crippen LogP contribution in [-0.2, 0) is 36.7 Å². The standard InChI is InChI=1S/C10H22N3O5PS3/c1-6-9(20)12-18-10(14)11-7-22(15)13(8(2)3)19(21,16-4)17-5/h8H,6-7H2,1-5H3,(H,11,14)(H,12,20). The minimum absolute atomic E-state index is 0.192. The molecule has 0 aliphatic heterocycles. The van der Waals surface area contributed by atoms with Crippen LogP contribution in [0.2, 0.25) is 0 Å².